The second-order valence-electron chi connectivity index (χ2n) is 5.34. The van der Waals surface area contributed by atoms with Crippen LogP contribution in [0.15, 0.2) is 23.8 Å². The van der Waals surface area contributed by atoms with Gasteiger partial charge in [0.25, 0.3) is 5.91 Å². The quantitative estimate of drug-likeness (QED) is 0.887. The maximum Gasteiger partial charge on any atom is 0.320 e. The van der Waals surface area contributed by atoms with E-state index in [0.717, 1.165) is 5.70 Å². The Kier molecular flexibility index (Phi) is 3.11. The normalized spacial score (nSPS) is 20.0. The molecule has 0 spiro atoms. The molecule has 2 aromatic heterocycles. The number of hydrogen-bond donors (Lipinski definition) is 1. The molecule has 4 heterocycles. The van der Waals surface area contributed by atoms with Crippen molar-refractivity contribution < 1.29 is 9.59 Å². The van der Waals surface area contributed by atoms with Gasteiger partial charge in [0, 0.05) is 19.8 Å². The zero-order valence-electron chi connectivity index (χ0n) is 12.2. The van der Waals surface area contributed by atoms with Gasteiger partial charge in [-0.05, 0) is 12.1 Å². The zero-order valence-corrected chi connectivity index (χ0v) is 13.0. The summed E-state index contributed by atoms with van der Waals surface area (Å²) in [7, 11) is 1.79. The zero-order chi connectivity index (χ0) is 16.0. The summed E-state index contributed by atoms with van der Waals surface area (Å²) < 4.78 is 1.64. The first kappa shape index (κ1) is 13.9. The summed E-state index contributed by atoms with van der Waals surface area (Å²) in [5, 5.41) is 14.8. The maximum atomic E-state index is 12.1. The van der Waals surface area contributed by atoms with Crippen LogP contribution in [0, 0.1) is 0 Å². The van der Waals surface area contributed by atoms with E-state index in [1.54, 1.807) is 39.3 Å². The van der Waals surface area contributed by atoms with E-state index in [2.05, 4.69) is 20.6 Å². The van der Waals surface area contributed by atoms with E-state index in [0.29, 0.717) is 18.2 Å². The fraction of sp³-hybridized carbons (Fsp3) is 0.308. The Labute approximate surface area is 135 Å². The molecule has 118 valence electrons. The number of likely N-dealkylation sites (N-methyl/N-ethyl adjacent to an activating group) is 1. The van der Waals surface area contributed by atoms with Crippen molar-refractivity contribution in [3.63, 3.8) is 0 Å². The van der Waals surface area contributed by atoms with Crippen molar-refractivity contribution >= 4 is 34.1 Å². The average molecular weight is 331 g/mol. The summed E-state index contributed by atoms with van der Waals surface area (Å²) in [6, 6.07) is 1.70. The van der Waals surface area contributed by atoms with Crippen LogP contribution in [0.3, 0.4) is 0 Å². The van der Waals surface area contributed by atoms with Crippen LogP contribution < -0.4 is 5.32 Å². The average Bonchev–Trinajstić information content (AvgIpc) is 3.27. The van der Waals surface area contributed by atoms with Gasteiger partial charge in [0.05, 0.1) is 18.3 Å². The molecule has 0 aromatic carbocycles. The molecule has 4 rings (SSSR count). The van der Waals surface area contributed by atoms with Crippen LogP contribution in [0.5, 0.6) is 0 Å². The topological polar surface area (TPSA) is 96.2 Å². The largest absolute Gasteiger partial charge is 0.320 e. The molecular formula is C13H13N7O2S. The van der Waals surface area contributed by atoms with Gasteiger partial charge in [-0.3, -0.25) is 10.1 Å². The fourth-order valence-corrected chi connectivity index (χ4v) is 3.14. The number of carbonyl (C=O) groups is 2. The van der Waals surface area contributed by atoms with Crippen LogP contribution in [-0.2, 0) is 0 Å². The molecule has 1 saturated heterocycles. The van der Waals surface area contributed by atoms with Gasteiger partial charge in [-0.2, -0.15) is 5.10 Å². The van der Waals surface area contributed by atoms with E-state index in [1.807, 2.05) is 6.08 Å². The molecular weight excluding hydrogens is 318 g/mol. The molecule has 2 aliphatic rings. The van der Waals surface area contributed by atoms with E-state index in [-0.39, 0.29) is 23.7 Å². The number of amides is 3. The second-order valence-corrected chi connectivity index (χ2v) is 6.18. The van der Waals surface area contributed by atoms with Crippen molar-refractivity contribution in [1.82, 2.24) is 29.8 Å². The molecule has 2 aliphatic heterocycles. The molecule has 3 amide bonds. The Balaban J connectivity index is 1.53. The lowest BCUT2D eigenvalue weighted by molar-refractivity contribution is 0.102. The number of fused-ring (bicyclic) bond motifs is 2. The lowest BCUT2D eigenvalue weighted by atomic mass is 10.2. The summed E-state index contributed by atoms with van der Waals surface area (Å²) in [5.41, 5.74) is 2.71. The highest BCUT2D eigenvalue weighted by Crippen LogP contribution is 2.24. The number of nitrogens with one attached hydrogen (secondary N) is 1. The smallest absolute Gasteiger partial charge is 0.319 e. The molecule has 9 nitrogen and oxygen atoms in total. The SMILES string of the molecule is CN1C(=O)N2CC(n3ccc(C(=O)Nc4nncs4)n3)=CC1C2. The summed E-state index contributed by atoms with van der Waals surface area (Å²) in [5.74, 6) is -0.339. The molecule has 1 fully saturated rings. The first-order chi connectivity index (χ1) is 11.1. The summed E-state index contributed by atoms with van der Waals surface area (Å²) in [4.78, 5) is 27.6. The molecule has 2 bridgehead atoms. The predicted octanol–water partition coefficient (Wildman–Crippen LogP) is 0.577. The van der Waals surface area contributed by atoms with E-state index in [1.165, 1.54) is 11.3 Å². The Bertz CT molecular complexity index is 797. The third kappa shape index (κ3) is 2.36. The highest BCUT2D eigenvalue weighted by molar-refractivity contribution is 7.13. The number of anilines is 1. The standard InChI is InChI=1S/C13H13N7O2S/c1-18-8-4-9(6-19(5-8)13(18)22)20-3-2-10(17-20)11(21)15-12-16-14-7-23-12/h2-4,7-8H,5-6H2,1H3,(H,15,16,21). The molecule has 2 aromatic rings. The van der Waals surface area contributed by atoms with Gasteiger partial charge in [-0.1, -0.05) is 11.3 Å². The van der Waals surface area contributed by atoms with Crippen molar-refractivity contribution in [2.75, 3.05) is 25.5 Å². The van der Waals surface area contributed by atoms with Gasteiger partial charge in [0.1, 0.15) is 5.51 Å². The van der Waals surface area contributed by atoms with Crippen LogP contribution in [0.25, 0.3) is 5.70 Å². The van der Waals surface area contributed by atoms with Gasteiger partial charge in [-0.15, -0.1) is 10.2 Å². The molecule has 0 saturated carbocycles. The van der Waals surface area contributed by atoms with Crippen LogP contribution in [0.4, 0.5) is 9.93 Å². The molecule has 1 atom stereocenters. The molecule has 0 radical (unpaired) electrons. The van der Waals surface area contributed by atoms with E-state index < -0.39 is 0 Å². The molecule has 10 heteroatoms. The third-order valence-corrected chi connectivity index (χ3v) is 4.52. The lowest BCUT2D eigenvalue weighted by Gasteiger charge is -2.21. The monoisotopic (exact) mass is 331 g/mol. The molecule has 1 N–H and O–H groups in total. The minimum atomic E-state index is -0.339. The summed E-state index contributed by atoms with van der Waals surface area (Å²) in [6.07, 6.45) is 3.73. The number of nitrogens with zero attached hydrogens (tertiary/aromatic N) is 6. The van der Waals surface area contributed by atoms with Gasteiger partial charge in [0.15, 0.2) is 5.69 Å². The number of carbonyl (C=O) groups excluding carboxylic acids is 2. The predicted molar refractivity (Wildman–Crippen MR) is 82.9 cm³/mol. The third-order valence-electron chi connectivity index (χ3n) is 3.91. The Morgan fingerprint density at radius 2 is 2.35 bits per heavy atom. The van der Waals surface area contributed by atoms with Crippen molar-refractivity contribution in [3.05, 3.63) is 29.5 Å². The van der Waals surface area contributed by atoms with Crippen LogP contribution in [0.2, 0.25) is 0 Å². The van der Waals surface area contributed by atoms with Gasteiger partial charge in [0.2, 0.25) is 5.13 Å². The number of hydrogen-bond acceptors (Lipinski definition) is 6. The van der Waals surface area contributed by atoms with Crippen molar-refractivity contribution in [2.45, 2.75) is 6.04 Å². The molecule has 0 aliphatic carbocycles. The van der Waals surface area contributed by atoms with Crippen LogP contribution >= 0.6 is 11.3 Å². The summed E-state index contributed by atoms with van der Waals surface area (Å²) >= 11 is 1.24. The Morgan fingerprint density at radius 1 is 1.48 bits per heavy atom. The fourth-order valence-electron chi connectivity index (χ4n) is 2.70. The second kappa shape index (κ2) is 5.16. The first-order valence-electron chi connectivity index (χ1n) is 6.98. The van der Waals surface area contributed by atoms with Crippen LogP contribution in [-0.4, -0.2) is 67.9 Å². The molecule has 1 unspecified atom stereocenters. The Morgan fingerprint density at radius 3 is 3.09 bits per heavy atom. The van der Waals surface area contributed by atoms with E-state index in [4.69, 9.17) is 0 Å². The highest BCUT2D eigenvalue weighted by atomic mass is 32.1. The van der Waals surface area contributed by atoms with Crippen molar-refractivity contribution in [3.8, 4) is 0 Å². The minimum absolute atomic E-state index is 0.0163. The van der Waals surface area contributed by atoms with Crippen molar-refractivity contribution in [1.29, 1.82) is 0 Å². The van der Waals surface area contributed by atoms with E-state index in [9.17, 15) is 9.59 Å². The van der Waals surface area contributed by atoms with Gasteiger partial charge in [-0.25, -0.2) is 9.48 Å². The molecule has 23 heavy (non-hydrogen) atoms. The lowest BCUT2D eigenvalue weighted by Crippen LogP contribution is -2.31. The first-order valence-corrected chi connectivity index (χ1v) is 7.86. The van der Waals surface area contributed by atoms with Gasteiger partial charge < -0.3 is 9.80 Å². The maximum absolute atomic E-state index is 12.1. The number of urea groups is 1. The van der Waals surface area contributed by atoms with Gasteiger partial charge >= 0.3 is 6.03 Å². The van der Waals surface area contributed by atoms with E-state index >= 15 is 0 Å². The number of aromatic nitrogens is 4. The summed E-state index contributed by atoms with van der Waals surface area (Å²) in [6.45, 7) is 1.18. The Hall–Kier alpha value is -2.75. The number of rotatable bonds is 3. The van der Waals surface area contributed by atoms with Crippen LogP contribution in [0.1, 0.15) is 10.5 Å². The minimum Gasteiger partial charge on any atom is -0.319 e. The van der Waals surface area contributed by atoms with Crippen molar-refractivity contribution in [2.24, 2.45) is 0 Å². The highest BCUT2D eigenvalue weighted by Gasteiger charge is 2.37.